The van der Waals surface area contributed by atoms with Crippen molar-refractivity contribution in [2.45, 2.75) is 39.0 Å². The second-order valence-corrected chi connectivity index (χ2v) is 6.24. The molecule has 2 N–H and O–H groups in total. The van der Waals surface area contributed by atoms with Gasteiger partial charge in [0.25, 0.3) is 0 Å². The van der Waals surface area contributed by atoms with E-state index in [0.29, 0.717) is 18.9 Å². The molecule has 0 aliphatic rings. The first kappa shape index (κ1) is 18.7. The third-order valence-electron chi connectivity index (χ3n) is 4.26. The van der Waals surface area contributed by atoms with Crippen LogP contribution < -0.4 is 10.6 Å². The van der Waals surface area contributed by atoms with E-state index >= 15 is 0 Å². The van der Waals surface area contributed by atoms with Gasteiger partial charge in [-0.25, -0.2) is 0 Å². The molecule has 0 spiro atoms. The second-order valence-electron chi connectivity index (χ2n) is 6.24. The molecule has 0 bridgehead atoms. The van der Waals surface area contributed by atoms with Crippen LogP contribution in [0.3, 0.4) is 0 Å². The van der Waals surface area contributed by atoms with Crippen molar-refractivity contribution in [1.82, 2.24) is 5.32 Å². The van der Waals surface area contributed by atoms with Gasteiger partial charge in [0.1, 0.15) is 0 Å². The summed E-state index contributed by atoms with van der Waals surface area (Å²) in [5.74, 6) is 0.345. The molecule has 4 heteroatoms. The van der Waals surface area contributed by atoms with Crippen LogP contribution in [0, 0.1) is 0 Å². The van der Waals surface area contributed by atoms with Gasteiger partial charge in [-0.1, -0.05) is 56.3 Å². The molecule has 2 aromatic rings. The summed E-state index contributed by atoms with van der Waals surface area (Å²) in [5.41, 5.74) is 3.02. The Morgan fingerprint density at radius 1 is 0.960 bits per heavy atom. The van der Waals surface area contributed by atoms with E-state index in [-0.39, 0.29) is 18.2 Å². The summed E-state index contributed by atoms with van der Waals surface area (Å²) < 4.78 is 0. The van der Waals surface area contributed by atoms with Crippen LogP contribution in [-0.4, -0.2) is 18.4 Å². The summed E-state index contributed by atoms with van der Waals surface area (Å²) in [6, 6.07) is 17.5. The molecule has 0 saturated heterocycles. The minimum absolute atomic E-state index is 0.0723. The van der Waals surface area contributed by atoms with Gasteiger partial charge in [0.05, 0.1) is 6.42 Å². The van der Waals surface area contributed by atoms with Gasteiger partial charge in [0, 0.05) is 18.7 Å². The number of amides is 2. The number of anilines is 1. The Hall–Kier alpha value is -2.62. The van der Waals surface area contributed by atoms with E-state index in [4.69, 9.17) is 0 Å². The van der Waals surface area contributed by atoms with E-state index in [1.54, 1.807) is 0 Å². The molecule has 0 aliphatic carbocycles. The average molecular weight is 338 g/mol. The van der Waals surface area contributed by atoms with Gasteiger partial charge in [0.2, 0.25) is 11.8 Å². The standard InChI is InChI=1S/C21H26N2O2/c1-3-16(2)18-9-11-19(12-10-18)23-20(24)13-14-22-21(25)15-17-7-5-4-6-8-17/h4-12,16H,3,13-15H2,1-2H3,(H,22,25)(H,23,24)/t16-/m1/s1. The molecular formula is C21H26N2O2. The normalized spacial score (nSPS) is 11.6. The number of carbonyl (C=O) groups is 2. The Labute approximate surface area is 149 Å². The van der Waals surface area contributed by atoms with Gasteiger partial charge in [-0.15, -0.1) is 0 Å². The molecule has 1 atom stereocenters. The average Bonchev–Trinajstić information content (AvgIpc) is 2.62. The van der Waals surface area contributed by atoms with Gasteiger partial charge in [-0.05, 0) is 35.6 Å². The summed E-state index contributed by atoms with van der Waals surface area (Å²) in [4.78, 5) is 23.8. The van der Waals surface area contributed by atoms with Crippen LogP contribution in [0.5, 0.6) is 0 Å². The van der Waals surface area contributed by atoms with Gasteiger partial charge in [-0.3, -0.25) is 9.59 Å². The lowest BCUT2D eigenvalue weighted by molar-refractivity contribution is -0.120. The van der Waals surface area contributed by atoms with E-state index in [2.05, 4.69) is 24.5 Å². The van der Waals surface area contributed by atoms with Gasteiger partial charge in [-0.2, -0.15) is 0 Å². The maximum Gasteiger partial charge on any atom is 0.226 e. The number of rotatable bonds is 8. The smallest absolute Gasteiger partial charge is 0.226 e. The zero-order valence-corrected chi connectivity index (χ0v) is 14.9. The maximum atomic E-state index is 12.0. The Morgan fingerprint density at radius 3 is 2.28 bits per heavy atom. The fraction of sp³-hybridized carbons (Fsp3) is 0.333. The molecule has 0 heterocycles. The van der Waals surface area contributed by atoms with Gasteiger partial charge in [0.15, 0.2) is 0 Å². The number of hydrogen-bond donors (Lipinski definition) is 2. The highest BCUT2D eigenvalue weighted by molar-refractivity contribution is 5.91. The van der Waals surface area contributed by atoms with Crippen LogP contribution in [0.25, 0.3) is 0 Å². The molecule has 2 amide bonds. The monoisotopic (exact) mass is 338 g/mol. The minimum atomic E-state index is -0.101. The topological polar surface area (TPSA) is 58.2 Å². The van der Waals surface area contributed by atoms with Crippen molar-refractivity contribution in [3.05, 3.63) is 65.7 Å². The van der Waals surface area contributed by atoms with E-state index < -0.39 is 0 Å². The van der Waals surface area contributed by atoms with E-state index in [1.165, 1.54) is 5.56 Å². The SMILES string of the molecule is CC[C@@H](C)c1ccc(NC(=O)CCNC(=O)Cc2ccccc2)cc1. The molecule has 25 heavy (non-hydrogen) atoms. The predicted molar refractivity (Wildman–Crippen MR) is 102 cm³/mol. The van der Waals surface area contributed by atoms with Crippen LogP contribution in [0.1, 0.15) is 43.7 Å². The molecule has 0 radical (unpaired) electrons. The third-order valence-corrected chi connectivity index (χ3v) is 4.26. The third kappa shape index (κ3) is 6.42. The van der Waals surface area contributed by atoms with Crippen molar-refractivity contribution in [2.75, 3.05) is 11.9 Å². The zero-order chi connectivity index (χ0) is 18.1. The summed E-state index contributed by atoms with van der Waals surface area (Å²) in [6.07, 6.45) is 1.68. The van der Waals surface area contributed by atoms with Crippen molar-refractivity contribution < 1.29 is 9.59 Å². The highest BCUT2D eigenvalue weighted by atomic mass is 16.2. The minimum Gasteiger partial charge on any atom is -0.355 e. The molecule has 0 aliphatic heterocycles. The number of carbonyl (C=O) groups excluding carboxylic acids is 2. The van der Waals surface area contributed by atoms with Crippen molar-refractivity contribution in [1.29, 1.82) is 0 Å². The number of hydrogen-bond acceptors (Lipinski definition) is 2. The summed E-state index contributed by atoms with van der Waals surface area (Å²) in [6.45, 7) is 4.68. The largest absolute Gasteiger partial charge is 0.355 e. The Bertz CT molecular complexity index is 681. The van der Waals surface area contributed by atoms with Gasteiger partial charge < -0.3 is 10.6 Å². The fourth-order valence-corrected chi connectivity index (χ4v) is 2.51. The Balaban J connectivity index is 1.71. The Morgan fingerprint density at radius 2 is 1.64 bits per heavy atom. The Kier molecular flexibility index (Phi) is 7.20. The first-order chi connectivity index (χ1) is 12.1. The maximum absolute atomic E-state index is 12.0. The molecule has 0 unspecified atom stereocenters. The first-order valence-corrected chi connectivity index (χ1v) is 8.79. The van der Waals surface area contributed by atoms with Crippen LogP contribution >= 0.6 is 0 Å². The lowest BCUT2D eigenvalue weighted by Crippen LogP contribution is -2.28. The molecule has 4 nitrogen and oxygen atoms in total. The van der Waals surface area contributed by atoms with Crippen LogP contribution in [-0.2, 0) is 16.0 Å². The highest BCUT2D eigenvalue weighted by Crippen LogP contribution is 2.20. The summed E-state index contributed by atoms with van der Waals surface area (Å²) in [5, 5.41) is 5.64. The van der Waals surface area contributed by atoms with Crippen molar-refractivity contribution in [3.63, 3.8) is 0 Å². The van der Waals surface area contributed by atoms with Crippen LogP contribution in [0.2, 0.25) is 0 Å². The molecule has 2 aromatic carbocycles. The second kappa shape index (κ2) is 9.62. The molecule has 132 valence electrons. The lowest BCUT2D eigenvalue weighted by Gasteiger charge is -2.11. The fourth-order valence-electron chi connectivity index (χ4n) is 2.51. The lowest BCUT2D eigenvalue weighted by atomic mass is 9.99. The van der Waals surface area contributed by atoms with Crippen molar-refractivity contribution in [2.24, 2.45) is 0 Å². The van der Waals surface area contributed by atoms with E-state index in [0.717, 1.165) is 17.7 Å². The predicted octanol–water partition coefficient (Wildman–Crippen LogP) is 3.89. The highest BCUT2D eigenvalue weighted by Gasteiger charge is 2.07. The van der Waals surface area contributed by atoms with E-state index in [1.807, 2.05) is 54.6 Å². The molecule has 0 aromatic heterocycles. The molecule has 0 fully saturated rings. The molecule has 2 rings (SSSR count). The van der Waals surface area contributed by atoms with Gasteiger partial charge >= 0.3 is 0 Å². The van der Waals surface area contributed by atoms with Crippen molar-refractivity contribution >= 4 is 17.5 Å². The summed E-state index contributed by atoms with van der Waals surface area (Å²) >= 11 is 0. The molecule has 0 saturated carbocycles. The summed E-state index contributed by atoms with van der Waals surface area (Å²) in [7, 11) is 0. The number of benzene rings is 2. The number of nitrogens with one attached hydrogen (secondary N) is 2. The van der Waals surface area contributed by atoms with E-state index in [9.17, 15) is 9.59 Å². The zero-order valence-electron chi connectivity index (χ0n) is 14.9. The van der Waals surface area contributed by atoms with Crippen molar-refractivity contribution in [3.8, 4) is 0 Å². The quantitative estimate of drug-likeness (QED) is 0.767. The molecular weight excluding hydrogens is 312 g/mol. The van der Waals surface area contributed by atoms with Crippen LogP contribution in [0.15, 0.2) is 54.6 Å². The van der Waals surface area contributed by atoms with Crippen LogP contribution in [0.4, 0.5) is 5.69 Å². The first-order valence-electron chi connectivity index (χ1n) is 8.79.